The second-order valence-corrected chi connectivity index (χ2v) is 4.86. The van der Waals surface area contributed by atoms with Crippen molar-refractivity contribution in [2.75, 3.05) is 18.0 Å². The van der Waals surface area contributed by atoms with Crippen molar-refractivity contribution in [2.45, 2.75) is 25.6 Å². The molecule has 1 saturated heterocycles. The molecule has 1 aliphatic heterocycles. The maximum absolute atomic E-state index is 13.8. The van der Waals surface area contributed by atoms with Gasteiger partial charge in [-0.2, -0.15) is 0 Å². The molecule has 88 valence electrons. The first kappa shape index (κ1) is 11.7. The highest BCUT2D eigenvalue weighted by Gasteiger charge is 2.18. The van der Waals surface area contributed by atoms with Crippen molar-refractivity contribution >= 4 is 17.3 Å². The molecule has 0 unspecified atom stereocenters. The number of halogens is 2. The van der Waals surface area contributed by atoms with E-state index >= 15 is 0 Å². The van der Waals surface area contributed by atoms with Crippen LogP contribution in [0.4, 0.5) is 10.1 Å². The molecular formula is C13H17ClFN. The summed E-state index contributed by atoms with van der Waals surface area (Å²) < 4.78 is 13.8. The number of hydrogen-bond acceptors (Lipinski definition) is 1. The summed E-state index contributed by atoms with van der Waals surface area (Å²) in [6.07, 6.45) is 2.30. The third kappa shape index (κ3) is 2.49. The summed E-state index contributed by atoms with van der Waals surface area (Å²) in [5, 5.41) is 0. The van der Waals surface area contributed by atoms with E-state index in [1.54, 1.807) is 6.07 Å². The van der Waals surface area contributed by atoms with Gasteiger partial charge < -0.3 is 4.90 Å². The first-order chi connectivity index (χ1) is 7.70. The molecule has 1 aromatic carbocycles. The average Bonchev–Trinajstić information content (AvgIpc) is 2.30. The zero-order valence-corrected chi connectivity index (χ0v) is 10.3. The minimum Gasteiger partial charge on any atom is -0.369 e. The first-order valence-corrected chi connectivity index (χ1v) is 6.33. The molecule has 0 atom stereocenters. The number of hydrogen-bond donors (Lipinski definition) is 0. The predicted molar refractivity (Wildman–Crippen MR) is 66.6 cm³/mol. The molecule has 3 heteroatoms. The lowest BCUT2D eigenvalue weighted by Gasteiger charge is -2.32. The van der Waals surface area contributed by atoms with Gasteiger partial charge in [0.2, 0.25) is 0 Å². The van der Waals surface area contributed by atoms with Gasteiger partial charge in [-0.25, -0.2) is 4.39 Å². The Bertz CT molecular complexity index is 359. The highest BCUT2D eigenvalue weighted by molar-refractivity contribution is 6.17. The molecule has 0 spiro atoms. The van der Waals surface area contributed by atoms with Crippen LogP contribution in [-0.4, -0.2) is 13.1 Å². The lowest BCUT2D eigenvalue weighted by Crippen LogP contribution is -2.33. The van der Waals surface area contributed by atoms with Crippen LogP contribution in [0.15, 0.2) is 18.2 Å². The second-order valence-electron chi connectivity index (χ2n) is 4.59. The van der Waals surface area contributed by atoms with Crippen LogP contribution < -0.4 is 4.90 Å². The van der Waals surface area contributed by atoms with E-state index in [9.17, 15) is 4.39 Å². The fourth-order valence-corrected chi connectivity index (χ4v) is 2.31. The SMILES string of the molecule is CC1CCN(c2ccc(CCl)cc2F)CC1. The first-order valence-electron chi connectivity index (χ1n) is 5.80. The summed E-state index contributed by atoms with van der Waals surface area (Å²) >= 11 is 5.68. The standard InChI is InChI=1S/C13H17ClFN/c1-10-4-6-16(7-5-10)13-3-2-11(9-14)8-12(13)15/h2-3,8,10H,4-7,9H2,1H3. The van der Waals surface area contributed by atoms with E-state index in [1.165, 1.54) is 0 Å². The third-order valence-corrected chi connectivity index (χ3v) is 3.60. The lowest BCUT2D eigenvalue weighted by molar-refractivity contribution is 0.434. The molecule has 0 aromatic heterocycles. The zero-order chi connectivity index (χ0) is 11.5. The van der Waals surface area contributed by atoms with Gasteiger partial charge in [0.1, 0.15) is 5.82 Å². The van der Waals surface area contributed by atoms with Crippen molar-refractivity contribution in [3.8, 4) is 0 Å². The zero-order valence-electron chi connectivity index (χ0n) is 9.55. The largest absolute Gasteiger partial charge is 0.369 e. The molecule has 0 N–H and O–H groups in total. The Kier molecular flexibility index (Phi) is 3.70. The Balaban J connectivity index is 2.14. The smallest absolute Gasteiger partial charge is 0.146 e. The van der Waals surface area contributed by atoms with Crippen LogP contribution in [-0.2, 0) is 5.88 Å². The minimum absolute atomic E-state index is 0.146. The minimum atomic E-state index is -0.146. The van der Waals surface area contributed by atoms with Gasteiger partial charge in [-0.3, -0.25) is 0 Å². The molecule has 1 aromatic rings. The summed E-state index contributed by atoms with van der Waals surface area (Å²) in [6.45, 7) is 4.17. The second kappa shape index (κ2) is 5.05. The Morgan fingerprint density at radius 1 is 1.38 bits per heavy atom. The van der Waals surface area contributed by atoms with E-state index < -0.39 is 0 Å². The van der Waals surface area contributed by atoms with Crippen LogP contribution >= 0.6 is 11.6 Å². The Labute approximate surface area is 101 Å². The predicted octanol–water partition coefficient (Wildman–Crippen LogP) is 3.80. The average molecular weight is 242 g/mol. The molecule has 2 rings (SSSR count). The van der Waals surface area contributed by atoms with Gasteiger partial charge in [0.15, 0.2) is 0 Å². The lowest BCUT2D eigenvalue weighted by atomic mass is 9.98. The summed E-state index contributed by atoms with van der Waals surface area (Å²) in [7, 11) is 0. The molecule has 1 heterocycles. The fourth-order valence-electron chi connectivity index (χ4n) is 2.14. The number of benzene rings is 1. The van der Waals surface area contributed by atoms with Gasteiger partial charge in [0.25, 0.3) is 0 Å². The number of alkyl halides is 1. The monoisotopic (exact) mass is 241 g/mol. The van der Waals surface area contributed by atoms with Crippen molar-refractivity contribution < 1.29 is 4.39 Å². The van der Waals surface area contributed by atoms with Crippen LogP contribution in [0, 0.1) is 11.7 Å². The number of anilines is 1. The van der Waals surface area contributed by atoms with E-state index in [1.807, 2.05) is 12.1 Å². The summed E-state index contributed by atoms with van der Waals surface area (Å²) in [5.41, 5.74) is 1.56. The van der Waals surface area contributed by atoms with Crippen molar-refractivity contribution in [1.29, 1.82) is 0 Å². The van der Waals surface area contributed by atoms with Crippen LogP contribution in [0.5, 0.6) is 0 Å². The highest BCUT2D eigenvalue weighted by Crippen LogP contribution is 2.26. The maximum atomic E-state index is 13.8. The molecule has 0 saturated carbocycles. The maximum Gasteiger partial charge on any atom is 0.146 e. The van der Waals surface area contributed by atoms with Gasteiger partial charge in [0, 0.05) is 19.0 Å². The highest BCUT2D eigenvalue weighted by atomic mass is 35.5. The number of piperidine rings is 1. The van der Waals surface area contributed by atoms with E-state index in [-0.39, 0.29) is 5.82 Å². The molecular weight excluding hydrogens is 225 g/mol. The van der Waals surface area contributed by atoms with Gasteiger partial charge in [-0.05, 0) is 36.5 Å². The Morgan fingerprint density at radius 3 is 2.62 bits per heavy atom. The molecule has 1 nitrogen and oxygen atoms in total. The Hall–Kier alpha value is -0.760. The van der Waals surface area contributed by atoms with Crippen LogP contribution in [0.1, 0.15) is 25.3 Å². The quantitative estimate of drug-likeness (QED) is 0.712. The van der Waals surface area contributed by atoms with Gasteiger partial charge >= 0.3 is 0 Å². The third-order valence-electron chi connectivity index (χ3n) is 3.29. The van der Waals surface area contributed by atoms with Crippen LogP contribution in [0.25, 0.3) is 0 Å². The molecule has 1 fully saturated rings. The molecule has 0 radical (unpaired) electrons. The topological polar surface area (TPSA) is 3.24 Å². The van der Waals surface area contributed by atoms with E-state index in [0.29, 0.717) is 5.88 Å². The van der Waals surface area contributed by atoms with Gasteiger partial charge in [-0.1, -0.05) is 13.0 Å². The molecule has 1 aliphatic rings. The van der Waals surface area contributed by atoms with E-state index in [2.05, 4.69) is 11.8 Å². The molecule has 0 aliphatic carbocycles. The molecule has 16 heavy (non-hydrogen) atoms. The normalized spacial score (nSPS) is 17.8. The fraction of sp³-hybridized carbons (Fsp3) is 0.538. The van der Waals surface area contributed by atoms with E-state index in [4.69, 9.17) is 11.6 Å². The molecule has 0 bridgehead atoms. The summed E-state index contributed by atoms with van der Waals surface area (Å²) in [6, 6.07) is 5.30. The molecule has 0 amide bonds. The number of rotatable bonds is 2. The van der Waals surface area contributed by atoms with Crippen molar-refractivity contribution in [3.63, 3.8) is 0 Å². The van der Waals surface area contributed by atoms with Crippen LogP contribution in [0.3, 0.4) is 0 Å². The summed E-state index contributed by atoms with van der Waals surface area (Å²) in [5.74, 6) is 0.989. The van der Waals surface area contributed by atoms with Gasteiger partial charge in [0.05, 0.1) is 5.69 Å². The van der Waals surface area contributed by atoms with Crippen molar-refractivity contribution in [1.82, 2.24) is 0 Å². The van der Waals surface area contributed by atoms with Crippen LogP contribution in [0.2, 0.25) is 0 Å². The summed E-state index contributed by atoms with van der Waals surface area (Å²) in [4.78, 5) is 2.13. The number of nitrogens with zero attached hydrogens (tertiary/aromatic N) is 1. The Morgan fingerprint density at radius 2 is 2.06 bits per heavy atom. The van der Waals surface area contributed by atoms with Crippen molar-refractivity contribution in [3.05, 3.63) is 29.6 Å². The van der Waals surface area contributed by atoms with Gasteiger partial charge in [-0.15, -0.1) is 11.6 Å². The van der Waals surface area contributed by atoms with Crippen molar-refractivity contribution in [2.24, 2.45) is 5.92 Å². The van der Waals surface area contributed by atoms with E-state index in [0.717, 1.165) is 43.1 Å².